The average Bonchev–Trinajstić information content (AvgIpc) is 2.88. The fourth-order valence-electron chi connectivity index (χ4n) is 3.31. The zero-order valence-electron chi connectivity index (χ0n) is 11.9. The van der Waals surface area contributed by atoms with Gasteiger partial charge in [-0.25, -0.2) is 0 Å². The number of fused-ring (bicyclic) bond motifs is 1. The second-order valence-electron chi connectivity index (χ2n) is 6.06. The molecule has 1 aliphatic carbocycles. The van der Waals surface area contributed by atoms with Crippen LogP contribution in [0.4, 0.5) is 0 Å². The molecule has 1 aromatic rings. The van der Waals surface area contributed by atoms with Crippen molar-refractivity contribution in [1.29, 1.82) is 0 Å². The molecule has 1 heterocycles. The number of nitrogens with two attached hydrogens (primary N) is 1. The normalized spacial score (nSPS) is 29.5. The number of quaternary nitrogens is 1. The van der Waals surface area contributed by atoms with E-state index in [1.165, 1.54) is 24.8 Å². The summed E-state index contributed by atoms with van der Waals surface area (Å²) in [6, 6.07) is 7.07. The summed E-state index contributed by atoms with van der Waals surface area (Å²) in [5.41, 5.74) is 1.33. The van der Waals surface area contributed by atoms with E-state index in [1.807, 2.05) is 6.07 Å². The third-order valence-corrected chi connectivity index (χ3v) is 4.86. The Bertz CT molecular complexity index is 446. The van der Waals surface area contributed by atoms with Crippen LogP contribution in [-0.2, 0) is 6.54 Å². The zero-order chi connectivity index (χ0) is 13.2. The van der Waals surface area contributed by atoms with Crippen molar-refractivity contribution >= 4 is 0 Å². The molecule has 3 atom stereocenters. The van der Waals surface area contributed by atoms with E-state index < -0.39 is 0 Å². The van der Waals surface area contributed by atoms with E-state index in [2.05, 4.69) is 31.3 Å². The van der Waals surface area contributed by atoms with Gasteiger partial charge in [0.05, 0.1) is 6.04 Å². The molecular weight excluding hydrogens is 238 g/mol. The maximum absolute atomic E-state index is 5.43. The van der Waals surface area contributed by atoms with Crippen molar-refractivity contribution in [2.24, 2.45) is 11.8 Å². The van der Waals surface area contributed by atoms with Crippen molar-refractivity contribution in [2.75, 3.05) is 6.79 Å². The molecule has 0 spiro atoms. The lowest BCUT2D eigenvalue weighted by Gasteiger charge is -2.32. The van der Waals surface area contributed by atoms with Crippen LogP contribution < -0.4 is 14.8 Å². The number of benzene rings is 1. The SMILES string of the molecule is C[C@@H]1[C@H](C)CCC[C@H]1[NH2+]Cc1ccc2c(c1)OCO2. The van der Waals surface area contributed by atoms with Gasteiger partial charge < -0.3 is 14.8 Å². The predicted molar refractivity (Wildman–Crippen MR) is 74.2 cm³/mol. The van der Waals surface area contributed by atoms with Crippen LogP contribution >= 0.6 is 0 Å². The van der Waals surface area contributed by atoms with Crippen molar-refractivity contribution in [3.05, 3.63) is 23.8 Å². The molecule has 2 aliphatic rings. The van der Waals surface area contributed by atoms with Gasteiger partial charge in [0.1, 0.15) is 6.54 Å². The molecule has 1 saturated carbocycles. The van der Waals surface area contributed by atoms with Crippen molar-refractivity contribution in [2.45, 2.75) is 45.7 Å². The molecule has 1 aromatic carbocycles. The van der Waals surface area contributed by atoms with Gasteiger partial charge in [-0.3, -0.25) is 0 Å². The molecule has 3 heteroatoms. The minimum atomic E-state index is 0.361. The van der Waals surface area contributed by atoms with E-state index in [4.69, 9.17) is 9.47 Å². The van der Waals surface area contributed by atoms with E-state index in [-0.39, 0.29) is 0 Å². The summed E-state index contributed by atoms with van der Waals surface area (Å²) in [5.74, 6) is 3.47. The van der Waals surface area contributed by atoms with Crippen LogP contribution in [0.15, 0.2) is 18.2 Å². The zero-order valence-corrected chi connectivity index (χ0v) is 11.9. The number of ether oxygens (including phenoxy) is 2. The van der Waals surface area contributed by atoms with Crippen molar-refractivity contribution in [3.8, 4) is 11.5 Å². The Kier molecular flexibility index (Phi) is 3.65. The number of hydrogen-bond acceptors (Lipinski definition) is 2. The summed E-state index contributed by atoms with van der Waals surface area (Å²) < 4.78 is 10.8. The number of rotatable bonds is 3. The average molecular weight is 262 g/mol. The standard InChI is InChI=1S/C16H23NO2/c1-11-4-3-5-14(12(11)2)17-9-13-6-7-15-16(8-13)19-10-18-15/h6-8,11-12,14,17H,3-5,9-10H2,1-2H3/p+1/t11-,12-,14-/m1/s1. The van der Waals surface area contributed by atoms with Gasteiger partial charge in [0.25, 0.3) is 0 Å². The fraction of sp³-hybridized carbons (Fsp3) is 0.625. The highest BCUT2D eigenvalue weighted by molar-refractivity contribution is 5.44. The first kappa shape index (κ1) is 12.8. The fourth-order valence-corrected chi connectivity index (χ4v) is 3.31. The summed E-state index contributed by atoms with van der Waals surface area (Å²) in [4.78, 5) is 0. The van der Waals surface area contributed by atoms with Gasteiger partial charge in [-0.05, 0) is 43.4 Å². The molecule has 3 nitrogen and oxygen atoms in total. The molecule has 1 fully saturated rings. The monoisotopic (exact) mass is 262 g/mol. The third-order valence-electron chi connectivity index (χ3n) is 4.86. The van der Waals surface area contributed by atoms with Crippen LogP contribution in [0.3, 0.4) is 0 Å². The van der Waals surface area contributed by atoms with E-state index in [1.54, 1.807) is 0 Å². The Morgan fingerprint density at radius 1 is 1.16 bits per heavy atom. The van der Waals surface area contributed by atoms with Gasteiger partial charge in [0.2, 0.25) is 6.79 Å². The predicted octanol–water partition coefficient (Wildman–Crippen LogP) is 2.30. The van der Waals surface area contributed by atoms with E-state index in [9.17, 15) is 0 Å². The van der Waals surface area contributed by atoms with Crippen LogP contribution in [0, 0.1) is 11.8 Å². The number of hydrogen-bond donors (Lipinski definition) is 1. The van der Waals surface area contributed by atoms with Gasteiger partial charge in [-0.2, -0.15) is 0 Å². The van der Waals surface area contributed by atoms with Gasteiger partial charge in [-0.1, -0.05) is 13.8 Å². The van der Waals surface area contributed by atoms with Gasteiger partial charge in [-0.15, -0.1) is 0 Å². The molecule has 3 rings (SSSR count). The van der Waals surface area contributed by atoms with Gasteiger partial charge in [0.15, 0.2) is 11.5 Å². The first-order valence-corrected chi connectivity index (χ1v) is 7.46. The Morgan fingerprint density at radius 2 is 2.00 bits per heavy atom. The first-order chi connectivity index (χ1) is 9.24. The Hall–Kier alpha value is -1.22. The minimum absolute atomic E-state index is 0.361. The smallest absolute Gasteiger partial charge is 0.231 e. The highest BCUT2D eigenvalue weighted by Crippen LogP contribution is 2.32. The summed E-state index contributed by atoms with van der Waals surface area (Å²) in [6.45, 7) is 6.20. The summed E-state index contributed by atoms with van der Waals surface area (Å²) in [7, 11) is 0. The molecule has 0 amide bonds. The lowest BCUT2D eigenvalue weighted by molar-refractivity contribution is -0.713. The molecule has 0 radical (unpaired) electrons. The Balaban J connectivity index is 1.60. The van der Waals surface area contributed by atoms with Gasteiger partial charge >= 0.3 is 0 Å². The largest absolute Gasteiger partial charge is 0.454 e. The topological polar surface area (TPSA) is 35.1 Å². The lowest BCUT2D eigenvalue weighted by Crippen LogP contribution is -2.90. The minimum Gasteiger partial charge on any atom is -0.454 e. The molecule has 0 saturated heterocycles. The second-order valence-corrected chi connectivity index (χ2v) is 6.06. The van der Waals surface area contributed by atoms with Crippen LogP contribution in [0.2, 0.25) is 0 Å². The second kappa shape index (κ2) is 5.41. The van der Waals surface area contributed by atoms with Crippen LogP contribution in [0.1, 0.15) is 38.7 Å². The maximum Gasteiger partial charge on any atom is 0.231 e. The molecule has 2 N–H and O–H groups in total. The van der Waals surface area contributed by atoms with E-state index in [0.29, 0.717) is 6.79 Å². The van der Waals surface area contributed by atoms with Crippen molar-refractivity contribution in [3.63, 3.8) is 0 Å². The van der Waals surface area contributed by atoms with E-state index >= 15 is 0 Å². The molecule has 19 heavy (non-hydrogen) atoms. The molecule has 0 unspecified atom stereocenters. The Morgan fingerprint density at radius 3 is 2.89 bits per heavy atom. The highest BCUT2D eigenvalue weighted by atomic mass is 16.7. The summed E-state index contributed by atoms with van der Waals surface area (Å²) in [6.07, 6.45) is 4.14. The quantitative estimate of drug-likeness (QED) is 0.907. The third kappa shape index (κ3) is 2.71. The van der Waals surface area contributed by atoms with E-state index in [0.717, 1.165) is 35.9 Å². The van der Waals surface area contributed by atoms with Crippen LogP contribution in [-0.4, -0.2) is 12.8 Å². The lowest BCUT2D eigenvalue weighted by atomic mass is 9.78. The molecule has 104 valence electrons. The molecule has 1 aliphatic heterocycles. The molecule has 0 aromatic heterocycles. The summed E-state index contributed by atoms with van der Waals surface area (Å²) >= 11 is 0. The van der Waals surface area contributed by atoms with Crippen LogP contribution in [0.5, 0.6) is 11.5 Å². The molecular formula is C16H24NO2+. The summed E-state index contributed by atoms with van der Waals surface area (Å²) in [5, 5.41) is 2.51. The van der Waals surface area contributed by atoms with Gasteiger partial charge in [0, 0.05) is 11.5 Å². The van der Waals surface area contributed by atoms with Crippen molar-refractivity contribution in [1.82, 2.24) is 0 Å². The Labute approximate surface area is 115 Å². The maximum atomic E-state index is 5.43. The van der Waals surface area contributed by atoms with Crippen molar-refractivity contribution < 1.29 is 14.8 Å². The van der Waals surface area contributed by atoms with Crippen LogP contribution in [0.25, 0.3) is 0 Å². The molecule has 0 bridgehead atoms. The first-order valence-electron chi connectivity index (χ1n) is 7.46. The highest BCUT2D eigenvalue weighted by Gasteiger charge is 2.29.